The van der Waals surface area contributed by atoms with Gasteiger partial charge in [0, 0.05) is 12.5 Å². The van der Waals surface area contributed by atoms with E-state index in [0.29, 0.717) is 17.7 Å². The van der Waals surface area contributed by atoms with E-state index in [1.54, 1.807) is 27.9 Å². The number of nitrogens with one attached hydrogen (secondary N) is 2. The van der Waals surface area contributed by atoms with Crippen molar-refractivity contribution in [3.05, 3.63) is 0 Å². The number of cyclic esters (lactones) is 1. The van der Waals surface area contributed by atoms with Gasteiger partial charge in [0.2, 0.25) is 5.91 Å². The van der Waals surface area contributed by atoms with Gasteiger partial charge in [0.15, 0.2) is 17.4 Å². The minimum absolute atomic E-state index is 0.0990. The van der Waals surface area contributed by atoms with E-state index in [9.17, 15) is 24.0 Å². The minimum Gasteiger partial charge on any atom is -0.433 e. The summed E-state index contributed by atoms with van der Waals surface area (Å²) >= 11 is 0. The maximum Gasteiger partial charge on any atom is 0.418 e. The van der Waals surface area contributed by atoms with Crippen LogP contribution >= 0.6 is 0 Å². The normalized spacial score (nSPS) is 28.4. The number of hydrogen-bond acceptors (Lipinski definition) is 7. The standard InChI is InChI=1S/C35H59N3O7/c1-9-11-13-15-16-18-21-34(20-17-14-12-10-2)29(41)37-35(34)22-19-25(44-8)24(23-35)36-28(40)26(27(39)32(3,4)5)38-30(42)33(6,7)45-31(38)43/h24-26H,9-23H2,1-8H3,(H,36,40)(H,37,41). The van der Waals surface area contributed by atoms with Crippen LogP contribution in [0.15, 0.2) is 0 Å². The van der Waals surface area contributed by atoms with Crippen molar-refractivity contribution in [2.75, 3.05) is 7.11 Å². The van der Waals surface area contributed by atoms with Gasteiger partial charge in [-0.1, -0.05) is 98.8 Å². The van der Waals surface area contributed by atoms with Crippen molar-refractivity contribution >= 4 is 29.6 Å². The largest absolute Gasteiger partial charge is 0.433 e. The van der Waals surface area contributed by atoms with Gasteiger partial charge in [-0.2, -0.15) is 0 Å². The van der Waals surface area contributed by atoms with Gasteiger partial charge in [-0.05, 0) is 46.0 Å². The van der Waals surface area contributed by atoms with Crippen molar-refractivity contribution in [3.8, 4) is 0 Å². The van der Waals surface area contributed by atoms with Gasteiger partial charge in [-0.25, -0.2) is 9.69 Å². The van der Waals surface area contributed by atoms with Crippen molar-refractivity contribution in [3.63, 3.8) is 0 Å². The van der Waals surface area contributed by atoms with E-state index >= 15 is 0 Å². The highest BCUT2D eigenvalue weighted by molar-refractivity contribution is 6.16. The van der Waals surface area contributed by atoms with Crippen LogP contribution in [0.2, 0.25) is 0 Å². The highest BCUT2D eigenvalue weighted by Gasteiger charge is 2.66. The zero-order valence-corrected chi connectivity index (χ0v) is 29.1. The summed E-state index contributed by atoms with van der Waals surface area (Å²) < 4.78 is 11.1. The van der Waals surface area contributed by atoms with E-state index < -0.39 is 57.7 Å². The molecule has 0 aromatic heterocycles. The predicted octanol–water partition coefficient (Wildman–Crippen LogP) is 5.99. The number of imide groups is 1. The molecule has 45 heavy (non-hydrogen) atoms. The van der Waals surface area contributed by atoms with E-state index in [1.807, 2.05) is 0 Å². The summed E-state index contributed by atoms with van der Waals surface area (Å²) in [6, 6.07) is -2.21. The van der Waals surface area contributed by atoms with Gasteiger partial charge in [0.1, 0.15) is 0 Å². The third kappa shape index (κ3) is 7.74. The molecule has 1 spiro atoms. The molecule has 0 aromatic carbocycles. The summed E-state index contributed by atoms with van der Waals surface area (Å²) in [7, 11) is 1.59. The number of nitrogens with zero attached hydrogens (tertiary/aromatic N) is 1. The monoisotopic (exact) mass is 633 g/mol. The average molecular weight is 634 g/mol. The molecule has 2 N–H and O–H groups in total. The number of ether oxygens (including phenoxy) is 2. The van der Waals surface area contributed by atoms with Gasteiger partial charge in [-0.15, -0.1) is 0 Å². The van der Waals surface area contributed by atoms with Crippen LogP contribution in [0.3, 0.4) is 0 Å². The molecule has 5 atom stereocenters. The predicted molar refractivity (Wildman–Crippen MR) is 172 cm³/mol. The van der Waals surface area contributed by atoms with Crippen LogP contribution in [0, 0.1) is 10.8 Å². The smallest absolute Gasteiger partial charge is 0.418 e. The van der Waals surface area contributed by atoms with E-state index in [0.717, 1.165) is 64.2 Å². The second kappa shape index (κ2) is 14.9. The number of amides is 4. The maximum atomic E-state index is 14.1. The molecule has 2 aliphatic heterocycles. The van der Waals surface area contributed by atoms with Crippen molar-refractivity contribution in [2.24, 2.45) is 10.8 Å². The summed E-state index contributed by atoms with van der Waals surface area (Å²) in [5, 5.41) is 6.33. The molecule has 2 saturated heterocycles. The second-order valence-corrected chi connectivity index (χ2v) is 15.1. The molecular formula is C35H59N3O7. The topological polar surface area (TPSA) is 131 Å². The SMILES string of the molecule is CCCCCCCCC1(CCCCCC)C(=O)NC12CCC(OC)C(NC(=O)C(C(=O)C(C)(C)C)N1C(=O)OC(C)(C)C1=O)C2. The summed E-state index contributed by atoms with van der Waals surface area (Å²) in [6.45, 7) is 12.2. The van der Waals surface area contributed by atoms with E-state index in [2.05, 4.69) is 24.5 Å². The van der Waals surface area contributed by atoms with E-state index in [4.69, 9.17) is 9.47 Å². The Morgan fingerprint density at radius 1 is 0.978 bits per heavy atom. The first-order chi connectivity index (χ1) is 21.1. The third-order valence-electron chi connectivity index (χ3n) is 10.4. The third-order valence-corrected chi connectivity index (χ3v) is 10.4. The molecule has 3 aliphatic rings. The molecular weight excluding hydrogens is 574 g/mol. The number of rotatable bonds is 17. The van der Waals surface area contributed by atoms with Crippen LogP contribution in [0.4, 0.5) is 4.79 Å². The van der Waals surface area contributed by atoms with Gasteiger partial charge < -0.3 is 20.1 Å². The summed E-state index contributed by atoms with van der Waals surface area (Å²) in [6.07, 6.45) is 13.2. The Morgan fingerprint density at radius 3 is 2.02 bits per heavy atom. The molecule has 0 aromatic rings. The van der Waals surface area contributed by atoms with Crippen LogP contribution in [-0.2, 0) is 28.7 Å². The van der Waals surface area contributed by atoms with Crippen molar-refractivity contribution in [1.82, 2.24) is 15.5 Å². The summed E-state index contributed by atoms with van der Waals surface area (Å²) in [5.41, 5.74) is -3.52. The molecule has 3 rings (SSSR count). The first-order valence-electron chi connectivity index (χ1n) is 17.4. The van der Waals surface area contributed by atoms with Crippen LogP contribution in [-0.4, -0.2) is 70.9 Å². The Labute approximate surface area is 270 Å². The Hall–Kier alpha value is -2.49. The van der Waals surface area contributed by atoms with Crippen LogP contribution in [0.1, 0.15) is 145 Å². The number of Topliss-reactive ketones (excluding diaryl/α,β-unsaturated/α-hetero) is 1. The lowest BCUT2D eigenvalue weighted by Gasteiger charge is -2.63. The zero-order chi connectivity index (χ0) is 33.6. The highest BCUT2D eigenvalue weighted by atomic mass is 16.6. The molecule has 1 saturated carbocycles. The molecule has 4 amide bonds. The number of carbonyl (C=O) groups excluding carboxylic acids is 5. The number of β-lactam (4-membered cyclic amide) rings is 1. The van der Waals surface area contributed by atoms with Gasteiger partial charge in [-0.3, -0.25) is 19.2 Å². The van der Waals surface area contributed by atoms with Crippen molar-refractivity contribution < 1.29 is 33.4 Å². The van der Waals surface area contributed by atoms with Gasteiger partial charge in [0.25, 0.3) is 11.8 Å². The van der Waals surface area contributed by atoms with Crippen molar-refractivity contribution in [1.29, 1.82) is 0 Å². The molecule has 0 bridgehead atoms. The number of hydrogen-bond donors (Lipinski definition) is 2. The van der Waals surface area contributed by atoms with Crippen LogP contribution < -0.4 is 10.6 Å². The Bertz CT molecular complexity index is 1100. The fourth-order valence-electron chi connectivity index (χ4n) is 7.61. The van der Waals surface area contributed by atoms with E-state index in [-0.39, 0.29) is 12.0 Å². The average Bonchev–Trinajstić information content (AvgIpc) is 3.17. The number of ketones is 1. The highest BCUT2D eigenvalue weighted by Crippen LogP contribution is 2.55. The molecule has 5 unspecified atom stereocenters. The summed E-state index contributed by atoms with van der Waals surface area (Å²) in [5.74, 6) is -1.93. The maximum absolute atomic E-state index is 14.1. The Balaban J connectivity index is 1.89. The lowest BCUT2D eigenvalue weighted by Crippen LogP contribution is -2.79. The molecule has 2 heterocycles. The fourth-order valence-corrected chi connectivity index (χ4v) is 7.61. The minimum atomic E-state index is -1.68. The zero-order valence-electron chi connectivity index (χ0n) is 29.1. The number of carbonyl (C=O) groups is 5. The molecule has 256 valence electrons. The first-order valence-corrected chi connectivity index (χ1v) is 17.4. The lowest BCUT2D eigenvalue weighted by atomic mass is 9.51. The van der Waals surface area contributed by atoms with E-state index in [1.165, 1.54) is 33.1 Å². The molecule has 10 nitrogen and oxygen atoms in total. The molecule has 10 heteroatoms. The van der Waals surface area contributed by atoms with Crippen molar-refractivity contribution in [2.45, 2.75) is 174 Å². The first kappa shape index (κ1) is 37.0. The fraction of sp³-hybridized carbons (Fsp3) is 0.857. The Morgan fingerprint density at radius 2 is 1.53 bits per heavy atom. The van der Waals surface area contributed by atoms with Gasteiger partial charge >= 0.3 is 6.09 Å². The quantitative estimate of drug-likeness (QED) is 0.114. The number of methoxy groups -OCH3 is 1. The molecule has 0 radical (unpaired) electrons. The lowest BCUT2D eigenvalue weighted by molar-refractivity contribution is -0.168. The number of unbranched alkanes of at least 4 members (excludes halogenated alkanes) is 8. The van der Waals surface area contributed by atoms with Crippen LogP contribution in [0.5, 0.6) is 0 Å². The molecule has 1 aliphatic carbocycles. The molecule has 3 fully saturated rings. The Kier molecular flexibility index (Phi) is 12.3. The van der Waals surface area contributed by atoms with Gasteiger partial charge in [0.05, 0.1) is 23.1 Å². The second-order valence-electron chi connectivity index (χ2n) is 15.1. The van der Waals surface area contributed by atoms with Crippen LogP contribution in [0.25, 0.3) is 0 Å². The summed E-state index contributed by atoms with van der Waals surface area (Å²) in [4.78, 5) is 68.1.